The first-order valence-electron chi connectivity index (χ1n) is 4.25. The summed E-state index contributed by atoms with van der Waals surface area (Å²) in [6, 6.07) is 4.25. The maximum atomic E-state index is 12.6. The Balaban J connectivity index is 3.14. The number of carbonyl (C=O) groups excluding carboxylic acids is 1. The third kappa shape index (κ3) is 3.06. The van der Waals surface area contributed by atoms with Crippen LogP contribution in [-0.4, -0.2) is 6.29 Å². The Labute approximate surface area is 93.4 Å². The standard InChI is InChI=1S/C10H8BrF3O/c11-8-5-1-3-7(4-2-6-15)9(8)10(12,13)14/h1,3,5-6H,2,4H2. The van der Waals surface area contributed by atoms with Crippen molar-refractivity contribution in [1.29, 1.82) is 0 Å². The second kappa shape index (κ2) is 4.79. The van der Waals surface area contributed by atoms with Crippen LogP contribution in [0.1, 0.15) is 17.5 Å². The Hall–Kier alpha value is -0.840. The number of hydrogen-bond donors (Lipinski definition) is 0. The normalized spacial score (nSPS) is 11.5. The number of carbonyl (C=O) groups is 1. The SMILES string of the molecule is O=CCCc1cccc(Br)c1C(F)(F)F. The average molecular weight is 281 g/mol. The summed E-state index contributed by atoms with van der Waals surface area (Å²) in [4.78, 5) is 10.1. The first-order valence-corrected chi connectivity index (χ1v) is 5.04. The highest BCUT2D eigenvalue weighted by molar-refractivity contribution is 9.10. The molecule has 0 amide bonds. The van der Waals surface area contributed by atoms with Crippen molar-refractivity contribution < 1.29 is 18.0 Å². The summed E-state index contributed by atoms with van der Waals surface area (Å²) in [5.41, 5.74) is -0.546. The Morgan fingerprint density at radius 2 is 2.00 bits per heavy atom. The Morgan fingerprint density at radius 1 is 1.33 bits per heavy atom. The quantitative estimate of drug-likeness (QED) is 0.774. The van der Waals surface area contributed by atoms with Crippen LogP contribution in [0.15, 0.2) is 22.7 Å². The molecule has 1 rings (SSSR count). The van der Waals surface area contributed by atoms with E-state index in [0.717, 1.165) is 0 Å². The number of hydrogen-bond acceptors (Lipinski definition) is 1. The van der Waals surface area contributed by atoms with Gasteiger partial charge in [-0.15, -0.1) is 0 Å². The fraction of sp³-hybridized carbons (Fsp3) is 0.300. The zero-order valence-corrected chi connectivity index (χ0v) is 9.23. The maximum Gasteiger partial charge on any atom is 0.417 e. The minimum Gasteiger partial charge on any atom is -0.303 e. The summed E-state index contributed by atoms with van der Waals surface area (Å²) < 4.78 is 37.9. The van der Waals surface area contributed by atoms with Crippen LogP contribution in [0.3, 0.4) is 0 Å². The molecule has 0 radical (unpaired) electrons. The topological polar surface area (TPSA) is 17.1 Å². The van der Waals surface area contributed by atoms with Crippen molar-refractivity contribution in [3.8, 4) is 0 Å². The average Bonchev–Trinajstić information content (AvgIpc) is 2.12. The molecule has 1 aromatic carbocycles. The van der Waals surface area contributed by atoms with Gasteiger partial charge >= 0.3 is 6.18 Å². The largest absolute Gasteiger partial charge is 0.417 e. The predicted octanol–water partition coefficient (Wildman–Crippen LogP) is 3.60. The van der Waals surface area contributed by atoms with E-state index in [2.05, 4.69) is 15.9 Å². The van der Waals surface area contributed by atoms with Crippen LogP contribution in [0.4, 0.5) is 13.2 Å². The lowest BCUT2D eigenvalue weighted by atomic mass is 10.0. The van der Waals surface area contributed by atoms with Gasteiger partial charge in [0.1, 0.15) is 6.29 Å². The lowest BCUT2D eigenvalue weighted by Gasteiger charge is -2.13. The van der Waals surface area contributed by atoms with Gasteiger partial charge in [-0.25, -0.2) is 0 Å². The summed E-state index contributed by atoms with van der Waals surface area (Å²) in [5.74, 6) is 0. The third-order valence-electron chi connectivity index (χ3n) is 1.91. The summed E-state index contributed by atoms with van der Waals surface area (Å²) >= 11 is 2.87. The van der Waals surface area contributed by atoms with Crippen molar-refractivity contribution in [3.05, 3.63) is 33.8 Å². The van der Waals surface area contributed by atoms with E-state index in [1.165, 1.54) is 18.2 Å². The molecule has 0 aliphatic carbocycles. The molecule has 0 bridgehead atoms. The molecule has 0 saturated carbocycles. The van der Waals surface area contributed by atoms with E-state index < -0.39 is 11.7 Å². The molecule has 0 atom stereocenters. The van der Waals surface area contributed by atoms with E-state index in [1.807, 2.05) is 0 Å². The van der Waals surface area contributed by atoms with E-state index in [0.29, 0.717) is 6.29 Å². The van der Waals surface area contributed by atoms with Gasteiger partial charge in [0, 0.05) is 10.9 Å². The highest BCUT2D eigenvalue weighted by Gasteiger charge is 2.35. The highest BCUT2D eigenvalue weighted by Crippen LogP contribution is 2.37. The second-order valence-corrected chi connectivity index (χ2v) is 3.83. The zero-order valence-electron chi connectivity index (χ0n) is 7.64. The Morgan fingerprint density at radius 3 is 2.53 bits per heavy atom. The van der Waals surface area contributed by atoms with Crippen molar-refractivity contribution in [1.82, 2.24) is 0 Å². The number of alkyl halides is 3. The zero-order chi connectivity index (χ0) is 11.5. The monoisotopic (exact) mass is 280 g/mol. The maximum absolute atomic E-state index is 12.6. The van der Waals surface area contributed by atoms with Gasteiger partial charge < -0.3 is 4.79 Å². The molecule has 0 aliphatic rings. The van der Waals surface area contributed by atoms with Crippen molar-refractivity contribution >= 4 is 22.2 Å². The molecule has 0 saturated heterocycles. The van der Waals surface area contributed by atoms with Crippen LogP contribution < -0.4 is 0 Å². The third-order valence-corrected chi connectivity index (χ3v) is 2.58. The smallest absolute Gasteiger partial charge is 0.303 e. The number of aldehydes is 1. The van der Waals surface area contributed by atoms with Gasteiger partial charge in [-0.2, -0.15) is 13.2 Å². The van der Waals surface area contributed by atoms with E-state index in [4.69, 9.17) is 0 Å². The van der Waals surface area contributed by atoms with Gasteiger partial charge in [0.2, 0.25) is 0 Å². The van der Waals surface area contributed by atoms with Crippen molar-refractivity contribution in [2.45, 2.75) is 19.0 Å². The molecule has 0 heterocycles. The highest BCUT2D eigenvalue weighted by atomic mass is 79.9. The molecule has 0 spiro atoms. The second-order valence-electron chi connectivity index (χ2n) is 2.98. The summed E-state index contributed by atoms with van der Waals surface area (Å²) in [7, 11) is 0. The van der Waals surface area contributed by atoms with Gasteiger partial charge in [0.15, 0.2) is 0 Å². The first-order chi connectivity index (χ1) is 6.96. The molecular formula is C10H8BrF3O. The molecule has 1 aromatic rings. The molecular weight excluding hydrogens is 273 g/mol. The van der Waals surface area contributed by atoms with Crippen molar-refractivity contribution in [3.63, 3.8) is 0 Å². The molecule has 0 unspecified atom stereocenters. The fourth-order valence-electron chi connectivity index (χ4n) is 1.31. The number of rotatable bonds is 3. The molecule has 15 heavy (non-hydrogen) atoms. The minimum absolute atomic E-state index is 0.0124. The van der Waals surface area contributed by atoms with Gasteiger partial charge in [-0.3, -0.25) is 0 Å². The molecule has 82 valence electrons. The number of halogens is 4. The minimum atomic E-state index is -4.39. The van der Waals surface area contributed by atoms with Crippen molar-refractivity contribution in [2.24, 2.45) is 0 Å². The Bertz CT molecular complexity index is 360. The van der Waals surface area contributed by atoms with Crippen LogP contribution in [-0.2, 0) is 17.4 Å². The lowest BCUT2D eigenvalue weighted by molar-refractivity contribution is -0.138. The van der Waals surface area contributed by atoms with Crippen LogP contribution in [0, 0.1) is 0 Å². The number of aryl methyl sites for hydroxylation is 1. The van der Waals surface area contributed by atoms with Gasteiger partial charge in [-0.05, 0) is 18.1 Å². The van der Waals surface area contributed by atoms with E-state index in [9.17, 15) is 18.0 Å². The van der Waals surface area contributed by atoms with E-state index >= 15 is 0 Å². The van der Waals surface area contributed by atoms with Gasteiger partial charge in [0.25, 0.3) is 0 Å². The first kappa shape index (κ1) is 12.2. The molecule has 0 N–H and O–H groups in total. The molecule has 5 heteroatoms. The summed E-state index contributed by atoms with van der Waals surface area (Å²) in [5, 5.41) is 0. The molecule has 0 aliphatic heterocycles. The molecule has 0 aromatic heterocycles. The lowest BCUT2D eigenvalue weighted by Crippen LogP contribution is -2.10. The number of benzene rings is 1. The fourth-order valence-corrected chi connectivity index (χ4v) is 1.94. The summed E-state index contributed by atoms with van der Waals surface area (Å²) in [6.07, 6.45) is -3.57. The van der Waals surface area contributed by atoms with Crippen LogP contribution in [0.25, 0.3) is 0 Å². The van der Waals surface area contributed by atoms with Crippen molar-refractivity contribution in [2.75, 3.05) is 0 Å². The van der Waals surface area contributed by atoms with Gasteiger partial charge in [0.05, 0.1) is 5.56 Å². The van der Waals surface area contributed by atoms with Gasteiger partial charge in [-0.1, -0.05) is 28.1 Å². The summed E-state index contributed by atoms with van der Waals surface area (Å²) in [6.45, 7) is 0. The Kier molecular flexibility index (Phi) is 3.90. The van der Waals surface area contributed by atoms with E-state index in [1.54, 1.807) is 0 Å². The van der Waals surface area contributed by atoms with Crippen LogP contribution in [0.5, 0.6) is 0 Å². The van der Waals surface area contributed by atoms with Crippen LogP contribution in [0.2, 0.25) is 0 Å². The predicted molar refractivity (Wildman–Crippen MR) is 53.5 cm³/mol. The molecule has 0 fully saturated rings. The molecule has 1 nitrogen and oxygen atoms in total. The van der Waals surface area contributed by atoms with Crippen LogP contribution >= 0.6 is 15.9 Å². The van der Waals surface area contributed by atoms with E-state index in [-0.39, 0.29) is 22.9 Å².